The first-order chi connectivity index (χ1) is 9.93. The summed E-state index contributed by atoms with van der Waals surface area (Å²) in [6.07, 6.45) is -0.176. The number of ether oxygens (including phenoxy) is 1. The lowest BCUT2D eigenvalue weighted by atomic mass is 10.1. The highest BCUT2D eigenvalue weighted by atomic mass is 35.5. The predicted molar refractivity (Wildman–Crippen MR) is 83.9 cm³/mol. The van der Waals surface area contributed by atoms with Gasteiger partial charge >= 0.3 is 6.03 Å². The number of amides is 2. The van der Waals surface area contributed by atoms with Crippen molar-refractivity contribution in [2.24, 2.45) is 0 Å². The molecule has 0 aromatic heterocycles. The van der Waals surface area contributed by atoms with Crippen molar-refractivity contribution in [1.29, 1.82) is 0 Å². The average molecular weight is 335 g/mol. The first-order valence-corrected chi connectivity index (χ1v) is 7.36. The third kappa shape index (κ3) is 6.52. The number of hydrogen-bond acceptors (Lipinski definition) is 3. The van der Waals surface area contributed by atoms with Crippen LogP contribution in [0, 0.1) is 0 Å². The van der Waals surface area contributed by atoms with Gasteiger partial charge in [0.2, 0.25) is 0 Å². The molecule has 0 fully saturated rings. The van der Waals surface area contributed by atoms with Crippen molar-refractivity contribution in [3.63, 3.8) is 0 Å². The average Bonchev–Trinajstić information content (AvgIpc) is 2.42. The number of aliphatic hydroxyl groups excluding tert-OH is 1. The first kappa shape index (κ1) is 18.0. The molecule has 0 aliphatic carbocycles. The molecule has 0 bridgehead atoms. The van der Waals surface area contributed by atoms with Crippen molar-refractivity contribution < 1.29 is 14.6 Å². The molecule has 0 unspecified atom stereocenters. The Morgan fingerprint density at radius 2 is 2.14 bits per heavy atom. The summed E-state index contributed by atoms with van der Waals surface area (Å²) in [4.78, 5) is 11.7. The lowest BCUT2D eigenvalue weighted by Crippen LogP contribution is -2.42. The second-order valence-corrected chi connectivity index (χ2v) is 5.56. The van der Waals surface area contributed by atoms with Crippen LogP contribution < -0.4 is 10.6 Å². The van der Waals surface area contributed by atoms with E-state index in [4.69, 9.17) is 27.9 Å². The molecule has 1 aromatic carbocycles. The van der Waals surface area contributed by atoms with Gasteiger partial charge in [-0.05, 0) is 25.5 Å². The molecule has 5 nitrogen and oxygen atoms in total. The molecule has 118 valence electrons. The zero-order chi connectivity index (χ0) is 15.8. The van der Waals surface area contributed by atoms with Gasteiger partial charge in [0.05, 0.1) is 6.10 Å². The zero-order valence-electron chi connectivity index (χ0n) is 12.0. The number of halogens is 2. The molecule has 0 saturated heterocycles. The molecule has 0 aliphatic heterocycles. The number of urea groups is 1. The summed E-state index contributed by atoms with van der Waals surface area (Å²) in [7, 11) is 1.61. The highest BCUT2D eigenvalue weighted by molar-refractivity contribution is 6.35. The van der Waals surface area contributed by atoms with Crippen LogP contribution in [0.2, 0.25) is 10.0 Å². The molecule has 0 heterocycles. The third-order valence-corrected chi connectivity index (χ3v) is 3.47. The van der Waals surface area contributed by atoms with E-state index in [2.05, 4.69) is 10.6 Å². The number of aliphatic hydroxyl groups is 1. The Balaban J connectivity index is 2.41. The molecule has 2 amide bonds. The SMILES string of the molecule is COCC[C@@H](C)NC(=O)NC[C@@H](O)c1ccc(Cl)cc1Cl. The van der Waals surface area contributed by atoms with Crippen molar-refractivity contribution in [2.75, 3.05) is 20.3 Å². The Kier molecular flexibility index (Phi) is 7.82. The van der Waals surface area contributed by atoms with Gasteiger partial charge in [-0.2, -0.15) is 0 Å². The first-order valence-electron chi connectivity index (χ1n) is 6.60. The van der Waals surface area contributed by atoms with Crippen molar-refractivity contribution in [3.8, 4) is 0 Å². The number of hydrogen-bond donors (Lipinski definition) is 3. The summed E-state index contributed by atoms with van der Waals surface area (Å²) in [5.74, 6) is 0. The summed E-state index contributed by atoms with van der Waals surface area (Å²) >= 11 is 11.8. The van der Waals surface area contributed by atoms with Gasteiger partial charge in [0.1, 0.15) is 0 Å². The molecule has 7 heteroatoms. The molecule has 0 aliphatic rings. The van der Waals surface area contributed by atoms with Gasteiger partial charge in [-0.15, -0.1) is 0 Å². The van der Waals surface area contributed by atoms with Crippen LogP contribution in [0.15, 0.2) is 18.2 Å². The number of methoxy groups -OCH3 is 1. The molecule has 0 saturated carbocycles. The van der Waals surface area contributed by atoms with Crippen LogP contribution in [0.3, 0.4) is 0 Å². The fourth-order valence-corrected chi connectivity index (χ4v) is 2.25. The minimum Gasteiger partial charge on any atom is -0.387 e. The van der Waals surface area contributed by atoms with Crippen molar-refractivity contribution in [1.82, 2.24) is 10.6 Å². The number of nitrogens with one attached hydrogen (secondary N) is 2. The Morgan fingerprint density at radius 1 is 1.43 bits per heavy atom. The van der Waals surface area contributed by atoms with Gasteiger partial charge in [0.25, 0.3) is 0 Å². The Morgan fingerprint density at radius 3 is 2.76 bits per heavy atom. The Bertz CT molecular complexity index is 472. The number of rotatable bonds is 7. The van der Waals surface area contributed by atoms with Gasteiger partial charge in [-0.1, -0.05) is 29.3 Å². The predicted octanol–water partition coefficient (Wildman–Crippen LogP) is 2.75. The molecule has 2 atom stereocenters. The maximum Gasteiger partial charge on any atom is 0.315 e. The normalized spacial score (nSPS) is 13.6. The van der Waals surface area contributed by atoms with Crippen molar-refractivity contribution in [2.45, 2.75) is 25.5 Å². The lowest BCUT2D eigenvalue weighted by molar-refractivity contribution is 0.169. The summed E-state index contributed by atoms with van der Waals surface area (Å²) in [5.41, 5.74) is 0.522. The summed E-state index contributed by atoms with van der Waals surface area (Å²) in [6.45, 7) is 2.51. The summed E-state index contributed by atoms with van der Waals surface area (Å²) in [6, 6.07) is 4.47. The van der Waals surface area contributed by atoms with E-state index >= 15 is 0 Å². The largest absolute Gasteiger partial charge is 0.387 e. The van der Waals surface area contributed by atoms with Crippen molar-refractivity contribution >= 4 is 29.2 Å². The highest BCUT2D eigenvalue weighted by Crippen LogP contribution is 2.25. The minimum absolute atomic E-state index is 0.0128. The van der Waals surface area contributed by atoms with Crippen LogP contribution in [0.4, 0.5) is 4.79 Å². The Hall–Kier alpha value is -1.01. The third-order valence-electron chi connectivity index (χ3n) is 2.91. The van der Waals surface area contributed by atoms with Gasteiger partial charge in [-0.25, -0.2) is 4.79 Å². The zero-order valence-corrected chi connectivity index (χ0v) is 13.5. The number of carbonyl (C=O) groups excluding carboxylic acids is 1. The molecule has 0 spiro atoms. The van der Waals surface area contributed by atoms with Gasteiger partial charge in [0.15, 0.2) is 0 Å². The van der Waals surface area contributed by atoms with Crippen LogP contribution in [-0.4, -0.2) is 37.4 Å². The van der Waals surface area contributed by atoms with E-state index in [0.717, 1.165) is 6.42 Å². The van der Waals surface area contributed by atoms with Crippen LogP contribution in [0.5, 0.6) is 0 Å². The molecule has 0 radical (unpaired) electrons. The molecule has 21 heavy (non-hydrogen) atoms. The van der Waals surface area contributed by atoms with E-state index < -0.39 is 6.10 Å². The van der Waals surface area contributed by atoms with Gasteiger partial charge in [0, 0.05) is 41.9 Å². The topological polar surface area (TPSA) is 70.6 Å². The van der Waals surface area contributed by atoms with E-state index in [0.29, 0.717) is 22.2 Å². The number of carbonyl (C=O) groups is 1. The quantitative estimate of drug-likeness (QED) is 0.718. The van der Waals surface area contributed by atoms with Gasteiger partial charge < -0.3 is 20.5 Å². The van der Waals surface area contributed by atoms with E-state index in [1.54, 1.807) is 25.3 Å². The second-order valence-electron chi connectivity index (χ2n) is 4.72. The van der Waals surface area contributed by atoms with E-state index in [9.17, 15) is 9.90 Å². The monoisotopic (exact) mass is 334 g/mol. The molecule has 1 aromatic rings. The highest BCUT2D eigenvalue weighted by Gasteiger charge is 2.14. The fraction of sp³-hybridized carbons (Fsp3) is 0.500. The maximum atomic E-state index is 11.7. The number of benzene rings is 1. The second kappa shape index (κ2) is 9.10. The molecular formula is C14H20Cl2N2O3. The summed E-state index contributed by atoms with van der Waals surface area (Å²) < 4.78 is 4.94. The lowest BCUT2D eigenvalue weighted by Gasteiger charge is -2.17. The summed E-state index contributed by atoms with van der Waals surface area (Å²) in [5, 5.41) is 16.2. The Labute approximate surface area is 134 Å². The molecular weight excluding hydrogens is 315 g/mol. The van der Waals surface area contributed by atoms with E-state index in [1.807, 2.05) is 6.92 Å². The van der Waals surface area contributed by atoms with Crippen LogP contribution in [-0.2, 0) is 4.74 Å². The van der Waals surface area contributed by atoms with Crippen LogP contribution in [0.25, 0.3) is 0 Å². The minimum atomic E-state index is -0.894. The smallest absolute Gasteiger partial charge is 0.315 e. The van der Waals surface area contributed by atoms with Crippen LogP contribution in [0.1, 0.15) is 25.0 Å². The molecule has 3 N–H and O–H groups in total. The van der Waals surface area contributed by atoms with Crippen molar-refractivity contribution in [3.05, 3.63) is 33.8 Å². The van der Waals surface area contributed by atoms with Gasteiger partial charge in [-0.3, -0.25) is 0 Å². The molecule has 1 rings (SSSR count). The maximum absolute atomic E-state index is 11.7. The van der Waals surface area contributed by atoms with E-state index in [1.165, 1.54) is 0 Å². The fourth-order valence-electron chi connectivity index (χ4n) is 1.71. The van der Waals surface area contributed by atoms with E-state index in [-0.39, 0.29) is 18.6 Å². The van der Waals surface area contributed by atoms with Crippen LogP contribution >= 0.6 is 23.2 Å². The standard InChI is InChI=1S/C14H20Cl2N2O3/c1-9(5-6-21-2)18-14(20)17-8-13(19)11-4-3-10(15)7-12(11)16/h3-4,7,9,13,19H,5-6,8H2,1-2H3,(H2,17,18,20)/t9-,13-/m1/s1.